The van der Waals surface area contributed by atoms with E-state index in [9.17, 15) is 19.2 Å². The van der Waals surface area contributed by atoms with E-state index >= 15 is 0 Å². The van der Waals surface area contributed by atoms with Gasteiger partial charge in [-0.1, -0.05) is 18.6 Å². The van der Waals surface area contributed by atoms with Gasteiger partial charge >= 0.3 is 0 Å². The number of carbonyl (C=O) groups excluding carboxylic acids is 4. The van der Waals surface area contributed by atoms with Crippen LogP contribution in [0.4, 0.5) is 0 Å². The maximum Gasteiger partial charge on any atom is 0.262 e. The molecule has 0 spiro atoms. The predicted molar refractivity (Wildman–Crippen MR) is 105 cm³/mol. The molecule has 8 heteroatoms. The summed E-state index contributed by atoms with van der Waals surface area (Å²) in [5.41, 5.74) is 1.50. The van der Waals surface area contributed by atoms with Gasteiger partial charge in [0, 0.05) is 25.6 Å². The zero-order chi connectivity index (χ0) is 20.5. The van der Waals surface area contributed by atoms with Crippen LogP contribution in [0.5, 0.6) is 0 Å². The lowest BCUT2D eigenvalue weighted by molar-refractivity contribution is -0.136. The zero-order valence-electron chi connectivity index (χ0n) is 16.6. The fraction of sp³-hybridized carbons (Fsp3) is 0.524. The van der Waals surface area contributed by atoms with Gasteiger partial charge in [-0.2, -0.15) is 0 Å². The summed E-state index contributed by atoms with van der Waals surface area (Å²) in [7, 11) is 2.01. The van der Waals surface area contributed by atoms with Gasteiger partial charge in [0.2, 0.25) is 11.8 Å². The molecule has 3 heterocycles. The van der Waals surface area contributed by atoms with Crippen LogP contribution >= 0.6 is 0 Å². The molecule has 3 aliphatic rings. The molecule has 2 atom stereocenters. The molecule has 4 amide bonds. The molecule has 1 aromatic carbocycles. The SMILES string of the molecule is CN(Cc1cccc2c1C(=O)N(C1CCC(=O)NC1=O)C2=O)CC1CCCCN1. The van der Waals surface area contributed by atoms with Crippen molar-refractivity contribution in [2.75, 3.05) is 20.1 Å². The second-order valence-corrected chi connectivity index (χ2v) is 8.13. The minimum Gasteiger partial charge on any atom is -0.313 e. The number of rotatable bonds is 5. The number of hydrogen-bond acceptors (Lipinski definition) is 6. The Bertz CT molecular complexity index is 862. The highest BCUT2D eigenvalue weighted by Gasteiger charge is 2.45. The maximum atomic E-state index is 13.1. The summed E-state index contributed by atoms with van der Waals surface area (Å²) in [5.74, 6) is -1.86. The smallest absolute Gasteiger partial charge is 0.262 e. The fourth-order valence-electron chi connectivity index (χ4n) is 4.53. The van der Waals surface area contributed by atoms with Gasteiger partial charge in [-0.3, -0.25) is 29.4 Å². The second-order valence-electron chi connectivity index (χ2n) is 8.13. The van der Waals surface area contributed by atoms with Crippen molar-refractivity contribution in [1.82, 2.24) is 20.4 Å². The topological polar surface area (TPSA) is 98.8 Å². The maximum absolute atomic E-state index is 13.1. The molecule has 3 aliphatic heterocycles. The molecule has 8 nitrogen and oxygen atoms in total. The molecule has 1 aromatic rings. The van der Waals surface area contributed by atoms with Crippen molar-refractivity contribution < 1.29 is 19.2 Å². The summed E-state index contributed by atoms with van der Waals surface area (Å²) >= 11 is 0. The number of nitrogens with zero attached hydrogens (tertiary/aromatic N) is 2. The Kier molecular flexibility index (Phi) is 5.47. The Hall–Kier alpha value is -2.58. The number of fused-ring (bicyclic) bond motifs is 1. The predicted octanol–water partition coefficient (Wildman–Crippen LogP) is 0.662. The lowest BCUT2D eigenvalue weighted by atomic mass is 10.0. The summed E-state index contributed by atoms with van der Waals surface area (Å²) in [6.45, 7) is 2.44. The van der Waals surface area contributed by atoms with Crippen molar-refractivity contribution in [3.05, 3.63) is 34.9 Å². The van der Waals surface area contributed by atoms with E-state index < -0.39 is 23.8 Å². The summed E-state index contributed by atoms with van der Waals surface area (Å²) in [4.78, 5) is 52.9. The van der Waals surface area contributed by atoms with E-state index in [0.29, 0.717) is 23.7 Å². The highest BCUT2D eigenvalue weighted by Crippen LogP contribution is 2.30. The minimum absolute atomic E-state index is 0.119. The molecule has 2 saturated heterocycles. The number of piperidine rings is 2. The second kappa shape index (κ2) is 8.04. The molecular formula is C21H26N4O4. The summed E-state index contributed by atoms with van der Waals surface area (Å²) in [6.07, 6.45) is 3.85. The number of imide groups is 2. The molecule has 0 aromatic heterocycles. The Morgan fingerprint density at radius 1 is 1.10 bits per heavy atom. The van der Waals surface area contributed by atoms with Crippen LogP contribution in [0.15, 0.2) is 18.2 Å². The standard InChI is InChI=1S/C21H26N4O4/c1-24(12-14-6-2-3-10-22-14)11-13-5-4-7-15-18(13)21(29)25(20(15)28)16-8-9-17(26)23-19(16)27/h4-5,7,14,16,22H,2-3,6,8-12H2,1H3,(H,23,26,27). The van der Waals surface area contributed by atoms with Crippen LogP contribution in [0.1, 0.15) is 58.4 Å². The van der Waals surface area contributed by atoms with Gasteiger partial charge in [0.15, 0.2) is 0 Å². The molecule has 0 aliphatic carbocycles. The van der Waals surface area contributed by atoms with Gasteiger partial charge in [0.1, 0.15) is 6.04 Å². The molecule has 2 unspecified atom stereocenters. The third kappa shape index (κ3) is 3.82. The van der Waals surface area contributed by atoms with Gasteiger partial charge < -0.3 is 10.2 Å². The summed E-state index contributed by atoms with van der Waals surface area (Å²) < 4.78 is 0. The van der Waals surface area contributed by atoms with Gasteiger partial charge in [-0.05, 0) is 44.5 Å². The normalized spacial score (nSPS) is 24.8. The first kappa shape index (κ1) is 19.7. The molecule has 0 saturated carbocycles. The van der Waals surface area contributed by atoms with Crippen LogP contribution in [-0.4, -0.2) is 65.6 Å². The van der Waals surface area contributed by atoms with Crippen LogP contribution in [0.3, 0.4) is 0 Å². The van der Waals surface area contributed by atoms with Crippen molar-refractivity contribution in [1.29, 1.82) is 0 Å². The van der Waals surface area contributed by atoms with Crippen LogP contribution in [0.2, 0.25) is 0 Å². The Labute approximate surface area is 169 Å². The van der Waals surface area contributed by atoms with E-state index in [0.717, 1.165) is 30.0 Å². The van der Waals surface area contributed by atoms with E-state index in [4.69, 9.17) is 0 Å². The molecule has 2 fully saturated rings. The molecule has 0 radical (unpaired) electrons. The Morgan fingerprint density at radius 2 is 1.93 bits per heavy atom. The largest absolute Gasteiger partial charge is 0.313 e. The number of likely N-dealkylation sites (N-methyl/N-ethyl adjacent to an activating group) is 1. The Morgan fingerprint density at radius 3 is 2.66 bits per heavy atom. The highest BCUT2D eigenvalue weighted by atomic mass is 16.2. The number of benzene rings is 1. The van der Waals surface area contributed by atoms with Gasteiger partial charge in [0.05, 0.1) is 11.1 Å². The first-order valence-electron chi connectivity index (χ1n) is 10.2. The first-order valence-corrected chi connectivity index (χ1v) is 10.2. The van der Waals surface area contributed by atoms with Crippen LogP contribution in [0.25, 0.3) is 0 Å². The molecule has 29 heavy (non-hydrogen) atoms. The van der Waals surface area contributed by atoms with Gasteiger partial charge in [0.25, 0.3) is 11.8 Å². The quantitative estimate of drug-likeness (QED) is 0.707. The van der Waals surface area contributed by atoms with Crippen molar-refractivity contribution in [2.24, 2.45) is 0 Å². The lowest BCUT2D eigenvalue weighted by Gasteiger charge is -2.29. The van der Waals surface area contributed by atoms with E-state index in [1.165, 1.54) is 12.8 Å². The summed E-state index contributed by atoms with van der Waals surface area (Å²) in [6, 6.07) is 4.77. The fourth-order valence-corrected chi connectivity index (χ4v) is 4.53. The average Bonchev–Trinajstić information content (AvgIpc) is 2.94. The molecular weight excluding hydrogens is 372 g/mol. The third-order valence-electron chi connectivity index (χ3n) is 5.94. The lowest BCUT2D eigenvalue weighted by Crippen LogP contribution is -2.54. The highest BCUT2D eigenvalue weighted by molar-refractivity contribution is 6.24. The zero-order valence-corrected chi connectivity index (χ0v) is 16.6. The van der Waals surface area contributed by atoms with E-state index in [2.05, 4.69) is 15.5 Å². The molecule has 0 bridgehead atoms. The van der Waals surface area contributed by atoms with Gasteiger partial charge in [-0.15, -0.1) is 0 Å². The summed E-state index contributed by atoms with van der Waals surface area (Å²) in [5, 5.41) is 5.75. The van der Waals surface area contributed by atoms with Crippen LogP contribution < -0.4 is 10.6 Å². The van der Waals surface area contributed by atoms with Crippen LogP contribution in [0, 0.1) is 0 Å². The number of hydrogen-bond donors (Lipinski definition) is 2. The monoisotopic (exact) mass is 398 g/mol. The minimum atomic E-state index is -0.933. The molecule has 4 rings (SSSR count). The average molecular weight is 398 g/mol. The number of carbonyl (C=O) groups is 4. The van der Waals surface area contributed by atoms with Crippen molar-refractivity contribution in [3.63, 3.8) is 0 Å². The van der Waals surface area contributed by atoms with E-state index in [1.54, 1.807) is 12.1 Å². The molecule has 154 valence electrons. The van der Waals surface area contributed by atoms with E-state index in [-0.39, 0.29) is 18.7 Å². The third-order valence-corrected chi connectivity index (χ3v) is 5.94. The van der Waals surface area contributed by atoms with Crippen molar-refractivity contribution in [3.8, 4) is 0 Å². The van der Waals surface area contributed by atoms with Crippen molar-refractivity contribution >= 4 is 23.6 Å². The van der Waals surface area contributed by atoms with Crippen molar-refractivity contribution in [2.45, 2.75) is 50.7 Å². The molecule has 2 N–H and O–H groups in total. The first-order chi connectivity index (χ1) is 14.0. The number of amides is 4. The van der Waals surface area contributed by atoms with Gasteiger partial charge in [-0.25, -0.2) is 0 Å². The van der Waals surface area contributed by atoms with Crippen LogP contribution in [-0.2, 0) is 16.1 Å². The Balaban J connectivity index is 1.53. The number of nitrogens with one attached hydrogen (secondary N) is 2. The van der Waals surface area contributed by atoms with E-state index in [1.807, 2.05) is 13.1 Å².